The van der Waals surface area contributed by atoms with Gasteiger partial charge in [0.25, 0.3) is 0 Å². The molecule has 0 fully saturated rings. The first-order chi connectivity index (χ1) is 9.25. The number of aryl methyl sites for hydroxylation is 2. The standard InChI is InChI=1S/C18H32N/c1-4-5-6-7-8-9-10-11-12-16-19-17(2)14-13-15-18(19)3/h13-15H,4-12,16H2,1-3H3/q+1. The van der Waals surface area contributed by atoms with Gasteiger partial charge in [-0.2, -0.15) is 0 Å². The molecule has 1 aromatic heterocycles. The van der Waals surface area contributed by atoms with Gasteiger partial charge in [0.05, 0.1) is 0 Å². The maximum Gasteiger partial charge on any atom is 0.178 e. The zero-order chi connectivity index (χ0) is 13.9. The van der Waals surface area contributed by atoms with Crippen LogP contribution in [0.25, 0.3) is 0 Å². The monoisotopic (exact) mass is 262 g/mol. The van der Waals surface area contributed by atoms with E-state index < -0.39 is 0 Å². The van der Waals surface area contributed by atoms with Crippen LogP contribution in [0.5, 0.6) is 0 Å². The lowest BCUT2D eigenvalue weighted by Gasteiger charge is -2.04. The Labute approximate surface area is 120 Å². The van der Waals surface area contributed by atoms with Crippen molar-refractivity contribution in [2.75, 3.05) is 0 Å². The molecule has 0 amide bonds. The molecule has 1 rings (SSSR count). The number of unbranched alkanes of at least 4 members (excludes halogenated alkanes) is 8. The Hall–Kier alpha value is -0.850. The molecule has 0 aromatic carbocycles. The van der Waals surface area contributed by atoms with Crippen molar-refractivity contribution in [3.8, 4) is 0 Å². The normalized spacial score (nSPS) is 10.9. The van der Waals surface area contributed by atoms with Crippen LogP contribution < -0.4 is 4.57 Å². The smallest absolute Gasteiger partial charge is 0.178 e. The average molecular weight is 262 g/mol. The van der Waals surface area contributed by atoms with Gasteiger partial charge in [-0.25, -0.2) is 4.57 Å². The summed E-state index contributed by atoms with van der Waals surface area (Å²) in [5, 5.41) is 0. The SMILES string of the molecule is CCCCCCCCCCC[n+]1c(C)cccc1C. The zero-order valence-corrected chi connectivity index (χ0v) is 13.3. The van der Waals surface area contributed by atoms with E-state index in [4.69, 9.17) is 0 Å². The van der Waals surface area contributed by atoms with E-state index in [9.17, 15) is 0 Å². The summed E-state index contributed by atoms with van der Waals surface area (Å²) in [6.07, 6.45) is 12.7. The second kappa shape index (κ2) is 10.00. The molecule has 0 saturated carbocycles. The van der Waals surface area contributed by atoms with Crippen LogP contribution in [0.15, 0.2) is 18.2 Å². The van der Waals surface area contributed by atoms with Crippen LogP contribution in [0.4, 0.5) is 0 Å². The van der Waals surface area contributed by atoms with Crippen molar-refractivity contribution >= 4 is 0 Å². The fourth-order valence-electron chi connectivity index (χ4n) is 2.72. The Balaban J connectivity index is 2.05. The number of hydrogen-bond acceptors (Lipinski definition) is 0. The van der Waals surface area contributed by atoms with Gasteiger partial charge in [-0.3, -0.25) is 0 Å². The Bertz CT molecular complexity index is 323. The minimum Gasteiger partial charge on any atom is -0.200 e. The number of rotatable bonds is 10. The van der Waals surface area contributed by atoms with Gasteiger partial charge in [-0.15, -0.1) is 0 Å². The van der Waals surface area contributed by atoms with Crippen molar-refractivity contribution < 1.29 is 4.57 Å². The van der Waals surface area contributed by atoms with E-state index in [1.807, 2.05) is 0 Å². The molecule has 1 aromatic rings. The fourth-order valence-corrected chi connectivity index (χ4v) is 2.72. The summed E-state index contributed by atoms with van der Waals surface area (Å²) in [6, 6.07) is 6.57. The maximum absolute atomic E-state index is 2.45. The molecule has 0 spiro atoms. The average Bonchev–Trinajstić information content (AvgIpc) is 2.40. The number of pyridine rings is 1. The fraction of sp³-hybridized carbons (Fsp3) is 0.722. The van der Waals surface area contributed by atoms with E-state index in [2.05, 4.69) is 43.5 Å². The maximum atomic E-state index is 2.45. The topological polar surface area (TPSA) is 3.88 Å². The van der Waals surface area contributed by atoms with E-state index in [0.29, 0.717) is 0 Å². The number of nitrogens with zero attached hydrogens (tertiary/aromatic N) is 1. The van der Waals surface area contributed by atoms with Crippen LogP contribution >= 0.6 is 0 Å². The van der Waals surface area contributed by atoms with E-state index >= 15 is 0 Å². The van der Waals surface area contributed by atoms with Crippen LogP contribution in [-0.2, 0) is 6.54 Å². The number of aromatic nitrogens is 1. The lowest BCUT2D eigenvalue weighted by atomic mass is 10.1. The second-order valence-electron chi connectivity index (χ2n) is 5.79. The van der Waals surface area contributed by atoms with Crippen molar-refractivity contribution in [3.05, 3.63) is 29.6 Å². The molecule has 1 heterocycles. The van der Waals surface area contributed by atoms with Gasteiger partial charge in [-0.1, -0.05) is 51.9 Å². The lowest BCUT2D eigenvalue weighted by Crippen LogP contribution is -2.40. The molecule has 108 valence electrons. The van der Waals surface area contributed by atoms with Gasteiger partial charge < -0.3 is 0 Å². The lowest BCUT2D eigenvalue weighted by molar-refractivity contribution is -0.709. The summed E-state index contributed by atoms with van der Waals surface area (Å²) in [5.74, 6) is 0. The van der Waals surface area contributed by atoms with Crippen molar-refractivity contribution in [2.24, 2.45) is 0 Å². The third kappa shape index (κ3) is 6.75. The molecule has 0 unspecified atom stereocenters. The Morgan fingerprint density at radius 2 is 1.21 bits per heavy atom. The highest BCUT2D eigenvalue weighted by molar-refractivity contribution is 5.00. The van der Waals surface area contributed by atoms with Crippen LogP contribution in [0.3, 0.4) is 0 Å². The van der Waals surface area contributed by atoms with Gasteiger partial charge in [0.2, 0.25) is 0 Å². The first kappa shape index (κ1) is 16.2. The summed E-state index contributed by atoms with van der Waals surface area (Å²) in [5.41, 5.74) is 2.78. The zero-order valence-electron chi connectivity index (χ0n) is 13.3. The van der Waals surface area contributed by atoms with E-state index in [1.54, 1.807) is 0 Å². The minimum absolute atomic E-state index is 1.19. The molecule has 0 aliphatic rings. The molecular weight excluding hydrogens is 230 g/mol. The highest BCUT2D eigenvalue weighted by atomic mass is 15.0. The first-order valence-corrected chi connectivity index (χ1v) is 8.21. The summed E-state index contributed by atoms with van der Waals surface area (Å²) >= 11 is 0. The molecule has 0 aliphatic heterocycles. The first-order valence-electron chi connectivity index (χ1n) is 8.21. The summed E-state index contributed by atoms with van der Waals surface area (Å²) in [7, 11) is 0. The third-order valence-electron chi connectivity index (χ3n) is 4.01. The quantitative estimate of drug-likeness (QED) is 0.407. The van der Waals surface area contributed by atoms with Gasteiger partial charge in [0.15, 0.2) is 11.4 Å². The van der Waals surface area contributed by atoms with Crippen LogP contribution in [0, 0.1) is 13.8 Å². The van der Waals surface area contributed by atoms with Crippen molar-refractivity contribution in [3.63, 3.8) is 0 Å². The van der Waals surface area contributed by atoms with E-state index in [0.717, 1.165) is 0 Å². The van der Waals surface area contributed by atoms with Crippen molar-refractivity contribution in [1.82, 2.24) is 0 Å². The summed E-state index contributed by atoms with van der Waals surface area (Å²) in [6.45, 7) is 7.89. The second-order valence-corrected chi connectivity index (χ2v) is 5.79. The van der Waals surface area contributed by atoms with E-state index in [-0.39, 0.29) is 0 Å². The van der Waals surface area contributed by atoms with Crippen LogP contribution in [0.2, 0.25) is 0 Å². The summed E-state index contributed by atoms with van der Waals surface area (Å²) in [4.78, 5) is 0. The largest absolute Gasteiger partial charge is 0.200 e. The molecule has 0 bridgehead atoms. The van der Waals surface area contributed by atoms with Gasteiger partial charge in [-0.05, 0) is 12.5 Å². The van der Waals surface area contributed by atoms with Crippen molar-refractivity contribution in [1.29, 1.82) is 0 Å². The predicted octanol–water partition coefficient (Wildman–Crippen LogP) is 5.12. The third-order valence-corrected chi connectivity index (χ3v) is 4.01. The Morgan fingerprint density at radius 3 is 1.74 bits per heavy atom. The number of hydrogen-bond donors (Lipinski definition) is 0. The molecule has 0 aliphatic carbocycles. The van der Waals surface area contributed by atoms with Gasteiger partial charge in [0, 0.05) is 32.4 Å². The molecular formula is C18H32N+. The Morgan fingerprint density at radius 1 is 0.737 bits per heavy atom. The summed E-state index contributed by atoms with van der Waals surface area (Å²) < 4.78 is 2.45. The molecule has 1 heteroatoms. The predicted molar refractivity (Wildman–Crippen MR) is 83.3 cm³/mol. The molecule has 1 nitrogen and oxygen atoms in total. The molecule has 0 saturated heterocycles. The van der Waals surface area contributed by atoms with E-state index in [1.165, 1.54) is 75.7 Å². The van der Waals surface area contributed by atoms with Crippen molar-refractivity contribution in [2.45, 2.75) is 85.1 Å². The highest BCUT2D eigenvalue weighted by Gasteiger charge is 2.08. The Kier molecular flexibility index (Phi) is 8.53. The van der Waals surface area contributed by atoms with Gasteiger partial charge in [0.1, 0.15) is 6.54 Å². The molecule has 19 heavy (non-hydrogen) atoms. The van der Waals surface area contributed by atoms with Crippen LogP contribution in [0.1, 0.15) is 76.1 Å². The molecule has 0 N–H and O–H groups in total. The van der Waals surface area contributed by atoms with Gasteiger partial charge >= 0.3 is 0 Å². The molecule has 0 radical (unpaired) electrons. The molecule has 0 atom stereocenters. The highest BCUT2D eigenvalue weighted by Crippen LogP contribution is 2.09. The van der Waals surface area contributed by atoms with Crippen LogP contribution in [-0.4, -0.2) is 0 Å². The minimum atomic E-state index is 1.19.